The molecule has 0 fully saturated rings. The van der Waals surface area contributed by atoms with Crippen molar-refractivity contribution in [3.8, 4) is 11.5 Å². The van der Waals surface area contributed by atoms with E-state index in [2.05, 4.69) is 10.5 Å². The fraction of sp³-hybridized carbons (Fsp3) is 0.263. The largest absolute Gasteiger partial charge is 0.504 e. The minimum atomic E-state index is -0.203. The number of ether oxygens (including phenoxy) is 1. The van der Waals surface area contributed by atoms with Gasteiger partial charge in [-0.3, -0.25) is 4.79 Å². The summed E-state index contributed by atoms with van der Waals surface area (Å²) in [5.74, 6) is 0.259. The van der Waals surface area contributed by atoms with Gasteiger partial charge in [-0.15, -0.1) is 0 Å². The van der Waals surface area contributed by atoms with E-state index in [4.69, 9.17) is 4.74 Å². The summed E-state index contributed by atoms with van der Waals surface area (Å²) < 4.78 is 5.32. The molecule has 0 saturated heterocycles. The Morgan fingerprint density at radius 2 is 2.00 bits per heavy atom. The first-order valence-electron chi connectivity index (χ1n) is 8.21. The summed E-state index contributed by atoms with van der Waals surface area (Å²) in [5, 5.41) is 13.6. The number of amides is 1. The predicted molar refractivity (Wildman–Crippen MR) is 99.3 cm³/mol. The van der Waals surface area contributed by atoms with Crippen LogP contribution in [-0.4, -0.2) is 36.9 Å². The highest BCUT2D eigenvalue weighted by Gasteiger charge is 2.09. The standard InChI is InChI=1S/C19H23N3O3/c1-3-22(16-8-6-5-7-9-16)14-19(24)21-20-13-15-10-11-17(23)18(12-15)25-4-2/h5-13,23H,3-4,14H2,1-2H3,(H,21,24). The Balaban J connectivity index is 1.93. The van der Waals surface area contributed by atoms with Crippen molar-refractivity contribution in [1.82, 2.24) is 5.43 Å². The second-order valence-corrected chi connectivity index (χ2v) is 5.30. The predicted octanol–water partition coefficient (Wildman–Crippen LogP) is 2.77. The van der Waals surface area contributed by atoms with Crippen molar-refractivity contribution in [2.75, 3.05) is 24.6 Å². The van der Waals surface area contributed by atoms with Crippen LogP contribution in [0.3, 0.4) is 0 Å². The maximum Gasteiger partial charge on any atom is 0.259 e. The number of carbonyl (C=O) groups is 1. The molecule has 25 heavy (non-hydrogen) atoms. The number of anilines is 1. The number of hydrazone groups is 1. The normalized spacial score (nSPS) is 10.6. The zero-order valence-electron chi connectivity index (χ0n) is 14.5. The monoisotopic (exact) mass is 341 g/mol. The van der Waals surface area contributed by atoms with Crippen molar-refractivity contribution >= 4 is 17.8 Å². The van der Waals surface area contributed by atoms with Gasteiger partial charge >= 0.3 is 0 Å². The number of para-hydroxylation sites is 1. The summed E-state index contributed by atoms with van der Waals surface area (Å²) in [5.41, 5.74) is 4.23. The van der Waals surface area contributed by atoms with E-state index >= 15 is 0 Å². The van der Waals surface area contributed by atoms with Crippen LogP contribution in [0, 0.1) is 0 Å². The Hall–Kier alpha value is -3.02. The van der Waals surface area contributed by atoms with Gasteiger partial charge in [-0.05, 0) is 49.7 Å². The van der Waals surface area contributed by atoms with E-state index in [0.717, 1.165) is 17.8 Å². The van der Waals surface area contributed by atoms with Gasteiger partial charge in [0.2, 0.25) is 0 Å². The molecule has 6 nitrogen and oxygen atoms in total. The van der Waals surface area contributed by atoms with Crippen LogP contribution in [0.5, 0.6) is 11.5 Å². The maximum absolute atomic E-state index is 12.1. The number of likely N-dealkylation sites (N-methyl/N-ethyl adjacent to an activating group) is 1. The van der Waals surface area contributed by atoms with Crippen molar-refractivity contribution in [3.63, 3.8) is 0 Å². The molecule has 0 bridgehead atoms. The molecule has 1 amide bonds. The van der Waals surface area contributed by atoms with E-state index in [1.165, 1.54) is 12.3 Å². The van der Waals surface area contributed by atoms with Crippen LogP contribution >= 0.6 is 0 Å². The number of hydrogen-bond donors (Lipinski definition) is 2. The van der Waals surface area contributed by atoms with Crippen LogP contribution in [0.15, 0.2) is 53.6 Å². The lowest BCUT2D eigenvalue weighted by Gasteiger charge is -2.21. The Morgan fingerprint density at radius 3 is 2.68 bits per heavy atom. The van der Waals surface area contributed by atoms with E-state index in [1.54, 1.807) is 12.1 Å². The van der Waals surface area contributed by atoms with Crippen LogP contribution in [0.1, 0.15) is 19.4 Å². The molecule has 2 aromatic rings. The molecular weight excluding hydrogens is 318 g/mol. The Morgan fingerprint density at radius 1 is 1.24 bits per heavy atom. The maximum atomic E-state index is 12.1. The van der Waals surface area contributed by atoms with E-state index < -0.39 is 0 Å². The van der Waals surface area contributed by atoms with Crippen molar-refractivity contribution in [3.05, 3.63) is 54.1 Å². The molecule has 0 aliphatic heterocycles. The van der Waals surface area contributed by atoms with Crippen molar-refractivity contribution in [1.29, 1.82) is 0 Å². The Labute approximate surface area is 147 Å². The lowest BCUT2D eigenvalue weighted by molar-refractivity contribution is -0.119. The topological polar surface area (TPSA) is 74.2 Å². The molecule has 2 N–H and O–H groups in total. The van der Waals surface area contributed by atoms with Gasteiger partial charge in [0, 0.05) is 12.2 Å². The molecule has 132 valence electrons. The van der Waals surface area contributed by atoms with Crippen LogP contribution in [0.2, 0.25) is 0 Å². The molecule has 0 spiro atoms. The van der Waals surface area contributed by atoms with Gasteiger partial charge in [-0.2, -0.15) is 5.10 Å². The molecule has 0 radical (unpaired) electrons. The smallest absolute Gasteiger partial charge is 0.259 e. The van der Waals surface area contributed by atoms with Gasteiger partial charge < -0.3 is 14.7 Å². The average molecular weight is 341 g/mol. The number of hydrogen-bond acceptors (Lipinski definition) is 5. The Bertz CT molecular complexity index is 717. The fourth-order valence-corrected chi connectivity index (χ4v) is 2.29. The number of phenols is 1. The number of rotatable bonds is 8. The van der Waals surface area contributed by atoms with Gasteiger partial charge in [-0.25, -0.2) is 5.43 Å². The number of benzene rings is 2. The van der Waals surface area contributed by atoms with Crippen LogP contribution < -0.4 is 15.1 Å². The summed E-state index contributed by atoms with van der Waals surface area (Å²) >= 11 is 0. The third-order valence-corrected chi connectivity index (χ3v) is 3.52. The highest BCUT2D eigenvalue weighted by Crippen LogP contribution is 2.26. The third kappa shape index (κ3) is 5.53. The molecule has 0 aliphatic rings. The summed E-state index contributed by atoms with van der Waals surface area (Å²) in [6.45, 7) is 5.23. The number of nitrogens with one attached hydrogen (secondary N) is 1. The SMILES string of the molecule is CCOc1cc(C=NNC(=O)CN(CC)c2ccccc2)ccc1O. The minimum absolute atomic E-state index is 0.0736. The van der Waals surface area contributed by atoms with Gasteiger partial charge in [0.25, 0.3) is 5.91 Å². The van der Waals surface area contributed by atoms with Gasteiger partial charge in [-0.1, -0.05) is 18.2 Å². The number of aromatic hydroxyl groups is 1. The van der Waals surface area contributed by atoms with Crippen LogP contribution in [0.25, 0.3) is 0 Å². The first kappa shape index (κ1) is 18.3. The second-order valence-electron chi connectivity index (χ2n) is 5.30. The molecule has 0 atom stereocenters. The minimum Gasteiger partial charge on any atom is -0.504 e. The van der Waals surface area contributed by atoms with Gasteiger partial charge in [0.15, 0.2) is 11.5 Å². The molecule has 0 heterocycles. The third-order valence-electron chi connectivity index (χ3n) is 3.52. The quantitative estimate of drug-likeness (QED) is 0.572. The lowest BCUT2D eigenvalue weighted by atomic mass is 10.2. The molecular formula is C19H23N3O3. The summed E-state index contributed by atoms with van der Waals surface area (Å²) in [6, 6.07) is 14.6. The molecule has 2 aromatic carbocycles. The summed E-state index contributed by atoms with van der Waals surface area (Å²) in [6.07, 6.45) is 1.51. The number of carbonyl (C=O) groups excluding carboxylic acids is 1. The van der Waals surface area contributed by atoms with Crippen molar-refractivity contribution < 1.29 is 14.6 Å². The van der Waals surface area contributed by atoms with Gasteiger partial charge in [0.05, 0.1) is 19.4 Å². The summed E-state index contributed by atoms with van der Waals surface area (Å²) in [7, 11) is 0. The second kappa shape index (κ2) is 9.32. The average Bonchev–Trinajstić information content (AvgIpc) is 2.63. The van der Waals surface area contributed by atoms with E-state index in [0.29, 0.717) is 12.4 Å². The molecule has 0 aromatic heterocycles. The van der Waals surface area contributed by atoms with E-state index in [9.17, 15) is 9.90 Å². The van der Waals surface area contributed by atoms with Crippen molar-refractivity contribution in [2.24, 2.45) is 5.10 Å². The van der Waals surface area contributed by atoms with E-state index in [-0.39, 0.29) is 18.2 Å². The highest BCUT2D eigenvalue weighted by molar-refractivity contribution is 5.85. The van der Waals surface area contributed by atoms with Crippen LogP contribution in [0.4, 0.5) is 5.69 Å². The summed E-state index contributed by atoms with van der Waals surface area (Å²) in [4.78, 5) is 14.0. The molecule has 0 aliphatic carbocycles. The zero-order valence-corrected chi connectivity index (χ0v) is 14.5. The number of nitrogens with zero attached hydrogens (tertiary/aromatic N) is 2. The highest BCUT2D eigenvalue weighted by atomic mass is 16.5. The number of phenolic OH excluding ortho intramolecular Hbond substituents is 1. The lowest BCUT2D eigenvalue weighted by Crippen LogP contribution is -2.35. The van der Waals surface area contributed by atoms with E-state index in [1.807, 2.05) is 49.1 Å². The molecule has 0 unspecified atom stereocenters. The first-order chi connectivity index (χ1) is 12.1. The fourth-order valence-electron chi connectivity index (χ4n) is 2.29. The first-order valence-corrected chi connectivity index (χ1v) is 8.21. The molecule has 0 saturated carbocycles. The van der Waals surface area contributed by atoms with Gasteiger partial charge in [0.1, 0.15) is 0 Å². The molecule has 2 rings (SSSR count). The van der Waals surface area contributed by atoms with Crippen molar-refractivity contribution in [2.45, 2.75) is 13.8 Å². The zero-order chi connectivity index (χ0) is 18.1. The Kier molecular flexibility index (Phi) is 6.83. The molecule has 6 heteroatoms. The van der Waals surface area contributed by atoms with Crippen LogP contribution in [-0.2, 0) is 4.79 Å².